The van der Waals surface area contributed by atoms with E-state index in [4.69, 9.17) is 10.8 Å². The number of benzene rings is 2. The smallest absolute Gasteiger partial charge is 0.326 e. The molecule has 1 aromatic heterocycles. The van der Waals surface area contributed by atoms with Crippen LogP contribution in [0.3, 0.4) is 0 Å². The van der Waals surface area contributed by atoms with E-state index >= 15 is 0 Å². The molecule has 9 N–H and O–H groups in total. The second kappa shape index (κ2) is 14.8. The van der Waals surface area contributed by atoms with Crippen molar-refractivity contribution in [1.82, 2.24) is 20.9 Å². The molecule has 0 fully saturated rings. The molecule has 0 bridgehead atoms. The molecule has 0 aliphatic heterocycles. The first-order chi connectivity index (χ1) is 20.3. The fourth-order valence-electron chi connectivity index (χ4n) is 4.61. The average Bonchev–Trinajstić information content (AvgIpc) is 3.35. The number of nitrogens with two attached hydrogens (primary N) is 1. The van der Waals surface area contributed by atoms with E-state index in [0.29, 0.717) is 5.56 Å². The minimum absolute atomic E-state index is 0.0420. The maximum absolute atomic E-state index is 13.7. The molecule has 3 amide bonds. The number of rotatable bonds is 15. The summed E-state index contributed by atoms with van der Waals surface area (Å²) in [6, 6.07) is 8.48. The van der Waals surface area contributed by atoms with Crippen molar-refractivity contribution >= 4 is 40.6 Å². The molecule has 3 aromatic rings. The summed E-state index contributed by atoms with van der Waals surface area (Å²) in [4.78, 5) is 65.6. The quantitative estimate of drug-likeness (QED) is 0.125. The summed E-state index contributed by atoms with van der Waals surface area (Å²) in [6.07, 6.45) is 1.16. The third-order valence-corrected chi connectivity index (χ3v) is 6.79. The van der Waals surface area contributed by atoms with Gasteiger partial charge in [-0.05, 0) is 48.1 Å². The molecule has 4 unspecified atom stereocenters. The molecule has 0 aliphatic carbocycles. The van der Waals surface area contributed by atoms with Crippen molar-refractivity contribution < 1.29 is 39.3 Å². The Morgan fingerprint density at radius 2 is 1.42 bits per heavy atom. The summed E-state index contributed by atoms with van der Waals surface area (Å²) in [5.74, 6) is -5.18. The predicted molar refractivity (Wildman–Crippen MR) is 157 cm³/mol. The zero-order valence-electron chi connectivity index (χ0n) is 23.9. The Morgan fingerprint density at radius 1 is 0.814 bits per heavy atom. The van der Waals surface area contributed by atoms with Crippen molar-refractivity contribution in [2.45, 2.75) is 63.7 Å². The van der Waals surface area contributed by atoms with E-state index in [0.717, 1.165) is 16.5 Å². The normalized spacial score (nSPS) is 14.0. The van der Waals surface area contributed by atoms with E-state index in [1.807, 2.05) is 24.3 Å². The number of aliphatic carboxylic acids is 2. The highest BCUT2D eigenvalue weighted by Crippen LogP contribution is 2.20. The van der Waals surface area contributed by atoms with Gasteiger partial charge in [-0.2, -0.15) is 0 Å². The van der Waals surface area contributed by atoms with Crippen molar-refractivity contribution in [2.75, 3.05) is 0 Å². The SMILES string of the molecule is CC(C)CC(NC(=O)C(Cc1c[nH]c2ccccc12)NC(=O)C(N)Cc1ccc(O)cc1)C(=O)NC(CC(=O)O)C(=O)O. The van der Waals surface area contributed by atoms with Crippen molar-refractivity contribution in [3.8, 4) is 5.75 Å². The van der Waals surface area contributed by atoms with Gasteiger partial charge in [0.1, 0.15) is 23.9 Å². The number of carboxylic acid groups (broad SMARTS) is 2. The minimum Gasteiger partial charge on any atom is -0.508 e. The summed E-state index contributed by atoms with van der Waals surface area (Å²) >= 11 is 0. The lowest BCUT2D eigenvalue weighted by Crippen LogP contribution is -2.58. The third-order valence-electron chi connectivity index (χ3n) is 6.79. The molecular formula is C30H37N5O8. The number of carbonyl (C=O) groups is 5. The Bertz CT molecular complexity index is 1450. The Hall–Kier alpha value is -4.91. The zero-order chi connectivity index (χ0) is 31.7. The fourth-order valence-corrected chi connectivity index (χ4v) is 4.61. The summed E-state index contributed by atoms with van der Waals surface area (Å²) < 4.78 is 0. The largest absolute Gasteiger partial charge is 0.508 e. The maximum Gasteiger partial charge on any atom is 0.326 e. The number of aromatic hydroxyl groups is 1. The van der Waals surface area contributed by atoms with Gasteiger partial charge in [-0.25, -0.2) is 4.79 Å². The second-order valence-corrected chi connectivity index (χ2v) is 10.8. The van der Waals surface area contributed by atoms with Crippen LogP contribution in [0.15, 0.2) is 54.7 Å². The van der Waals surface area contributed by atoms with Gasteiger partial charge in [0.05, 0.1) is 12.5 Å². The molecule has 13 heteroatoms. The van der Waals surface area contributed by atoms with Crippen LogP contribution in [0, 0.1) is 5.92 Å². The van der Waals surface area contributed by atoms with Gasteiger partial charge in [0.25, 0.3) is 0 Å². The first kappa shape index (κ1) is 32.6. The number of hydrogen-bond donors (Lipinski definition) is 8. The van der Waals surface area contributed by atoms with Crippen LogP contribution in [-0.4, -0.2) is 74.1 Å². The van der Waals surface area contributed by atoms with Gasteiger partial charge in [-0.1, -0.05) is 44.2 Å². The molecule has 1 heterocycles. The van der Waals surface area contributed by atoms with Gasteiger partial charge in [-0.3, -0.25) is 19.2 Å². The number of aromatic amines is 1. The zero-order valence-corrected chi connectivity index (χ0v) is 23.9. The number of nitrogens with one attached hydrogen (secondary N) is 4. The van der Waals surface area contributed by atoms with Crippen molar-refractivity contribution in [3.63, 3.8) is 0 Å². The molecule has 0 saturated carbocycles. The molecule has 230 valence electrons. The van der Waals surface area contributed by atoms with Crippen LogP contribution in [0.4, 0.5) is 0 Å². The molecule has 2 aromatic carbocycles. The van der Waals surface area contributed by atoms with E-state index < -0.39 is 60.2 Å². The first-order valence-corrected chi connectivity index (χ1v) is 13.8. The summed E-state index contributed by atoms with van der Waals surface area (Å²) in [5.41, 5.74) is 8.40. The standard InChI is InChI=1S/C30H37N5O8/c1-16(2)11-23(28(40)35-25(30(42)43)14-26(37)38)34-29(41)24(13-18-15-32-22-6-4-3-5-20(18)22)33-27(39)21(31)12-17-7-9-19(36)10-8-17/h3-10,15-16,21,23-25,32,36H,11-14,31H2,1-2H3,(H,33,39)(H,34,41)(H,35,40)(H,37,38)(H,42,43). The molecule has 0 aliphatic rings. The number of aromatic nitrogens is 1. The van der Waals surface area contributed by atoms with Crippen LogP contribution >= 0.6 is 0 Å². The number of phenolic OH excluding ortho intramolecular Hbond substituents is 1. The van der Waals surface area contributed by atoms with Crippen LogP contribution in [0.1, 0.15) is 37.8 Å². The number of carbonyl (C=O) groups excluding carboxylic acids is 3. The lowest BCUT2D eigenvalue weighted by molar-refractivity contribution is -0.147. The number of carboxylic acids is 2. The monoisotopic (exact) mass is 595 g/mol. The predicted octanol–water partition coefficient (Wildman–Crippen LogP) is 1.05. The van der Waals surface area contributed by atoms with Crippen LogP contribution in [0.2, 0.25) is 0 Å². The summed E-state index contributed by atoms with van der Waals surface area (Å²) in [6.45, 7) is 3.60. The first-order valence-electron chi connectivity index (χ1n) is 13.8. The second-order valence-electron chi connectivity index (χ2n) is 10.8. The number of fused-ring (bicyclic) bond motifs is 1. The Labute approximate surface area is 247 Å². The molecule has 4 atom stereocenters. The van der Waals surface area contributed by atoms with E-state index in [2.05, 4.69) is 20.9 Å². The number of para-hydroxylation sites is 1. The van der Waals surface area contributed by atoms with Gasteiger partial charge < -0.3 is 42.0 Å². The van der Waals surface area contributed by atoms with Crippen molar-refractivity contribution in [1.29, 1.82) is 0 Å². The van der Waals surface area contributed by atoms with Gasteiger partial charge >= 0.3 is 11.9 Å². The highest BCUT2D eigenvalue weighted by Gasteiger charge is 2.32. The van der Waals surface area contributed by atoms with Crippen molar-refractivity contribution in [2.24, 2.45) is 11.7 Å². The molecule has 13 nitrogen and oxygen atoms in total. The highest BCUT2D eigenvalue weighted by molar-refractivity contribution is 5.95. The van der Waals surface area contributed by atoms with Crippen LogP contribution < -0.4 is 21.7 Å². The van der Waals surface area contributed by atoms with Crippen LogP contribution in [0.5, 0.6) is 5.75 Å². The lowest BCUT2D eigenvalue weighted by Gasteiger charge is -2.26. The molecule has 43 heavy (non-hydrogen) atoms. The highest BCUT2D eigenvalue weighted by atomic mass is 16.4. The number of hydrogen-bond acceptors (Lipinski definition) is 7. The summed E-state index contributed by atoms with van der Waals surface area (Å²) in [7, 11) is 0. The Kier molecular flexibility index (Phi) is 11.2. The van der Waals surface area contributed by atoms with Gasteiger partial charge in [-0.15, -0.1) is 0 Å². The molecule has 3 rings (SSSR count). The number of H-pyrrole nitrogens is 1. The molecule has 0 saturated heterocycles. The number of amides is 3. The maximum atomic E-state index is 13.7. The van der Waals surface area contributed by atoms with E-state index in [1.165, 1.54) is 12.1 Å². The van der Waals surface area contributed by atoms with Crippen LogP contribution in [-0.2, 0) is 36.8 Å². The van der Waals surface area contributed by atoms with E-state index in [9.17, 15) is 34.2 Å². The Morgan fingerprint density at radius 3 is 2.05 bits per heavy atom. The average molecular weight is 596 g/mol. The lowest BCUT2D eigenvalue weighted by atomic mass is 9.99. The Balaban J connectivity index is 1.83. The van der Waals surface area contributed by atoms with E-state index in [1.54, 1.807) is 32.2 Å². The van der Waals surface area contributed by atoms with Gasteiger partial charge in [0.15, 0.2) is 0 Å². The van der Waals surface area contributed by atoms with Crippen molar-refractivity contribution in [3.05, 3.63) is 65.9 Å². The van der Waals surface area contributed by atoms with Gasteiger partial charge in [0.2, 0.25) is 17.7 Å². The third kappa shape index (κ3) is 9.57. The van der Waals surface area contributed by atoms with E-state index in [-0.39, 0.29) is 30.9 Å². The van der Waals surface area contributed by atoms with Gasteiger partial charge in [0, 0.05) is 23.5 Å². The topological polar surface area (TPSA) is 224 Å². The summed E-state index contributed by atoms with van der Waals surface area (Å²) in [5, 5.41) is 36.2. The molecular weight excluding hydrogens is 558 g/mol. The fraction of sp³-hybridized carbons (Fsp3) is 0.367. The molecule has 0 spiro atoms. The molecule has 0 radical (unpaired) electrons. The van der Waals surface area contributed by atoms with Crippen LogP contribution in [0.25, 0.3) is 10.9 Å². The minimum atomic E-state index is -1.70. The number of phenols is 1.